The fraction of sp³-hybridized carbons (Fsp3) is 0.440. The van der Waals surface area contributed by atoms with E-state index in [4.69, 9.17) is 9.47 Å². The lowest BCUT2D eigenvalue weighted by Gasteiger charge is -2.36. The SMILES string of the molecule is C=CCN(CC(=O)N1CCN(c2ccc(-c3ccc(OC)cc3OC)nn2)CC1)C(=O)C1CC1. The van der Waals surface area contributed by atoms with Gasteiger partial charge in [0.1, 0.15) is 18.0 Å². The number of benzene rings is 1. The Hall–Kier alpha value is -3.62. The van der Waals surface area contributed by atoms with Crippen molar-refractivity contribution in [2.75, 3.05) is 58.4 Å². The Morgan fingerprint density at radius 3 is 2.44 bits per heavy atom. The molecule has 1 aliphatic carbocycles. The van der Waals surface area contributed by atoms with Crippen LogP contribution in [0.3, 0.4) is 0 Å². The largest absolute Gasteiger partial charge is 0.497 e. The second-order valence-electron chi connectivity index (χ2n) is 8.49. The van der Waals surface area contributed by atoms with E-state index in [1.165, 1.54) is 0 Å². The van der Waals surface area contributed by atoms with Crippen LogP contribution in [0.4, 0.5) is 5.82 Å². The molecule has 0 radical (unpaired) electrons. The van der Waals surface area contributed by atoms with Crippen molar-refractivity contribution in [2.45, 2.75) is 12.8 Å². The number of anilines is 1. The number of nitrogens with zero attached hydrogens (tertiary/aromatic N) is 5. The summed E-state index contributed by atoms with van der Waals surface area (Å²) in [6, 6.07) is 9.42. The van der Waals surface area contributed by atoms with Gasteiger partial charge >= 0.3 is 0 Å². The average molecular weight is 466 g/mol. The van der Waals surface area contributed by atoms with Gasteiger partial charge in [-0.2, -0.15) is 0 Å². The molecule has 2 heterocycles. The smallest absolute Gasteiger partial charge is 0.242 e. The molecule has 1 aromatic carbocycles. The lowest BCUT2D eigenvalue weighted by molar-refractivity contribution is -0.141. The van der Waals surface area contributed by atoms with Gasteiger partial charge in [0.15, 0.2) is 5.82 Å². The standard InChI is InChI=1S/C25H31N5O4/c1-4-11-30(25(32)18-5-6-18)17-24(31)29-14-12-28(13-15-29)23-10-9-21(26-27-23)20-8-7-19(33-2)16-22(20)34-3/h4,7-10,16,18H,1,5-6,11-15,17H2,2-3H3. The number of aromatic nitrogens is 2. The normalized spacial score (nSPS) is 15.6. The molecule has 180 valence electrons. The van der Waals surface area contributed by atoms with Crippen LogP contribution in [0.25, 0.3) is 11.3 Å². The minimum Gasteiger partial charge on any atom is -0.497 e. The van der Waals surface area contributed by atoms with Gasteiger partial charge in [-0.25, -0.2) is 0 Å². The first-order valence-corrected chi connectivity index (χ1v) is 11.5. The van der Waals surface area contributed by atoms with Crippen LogP contribution in [0.15, 0.2) is 43.0 Å². The Bertz CT molecular complexity index is 1030. The highest BCUT2D eigenvalue weighted by molar-refractivity contribution is 5.87. The summed E-state index contributed by atoms with van der Waals surface area (Å²) in [6.07, 6.45) is 3.52. The number of hydrogen-bond donors (Lipinski definition) is 0. The van der Waals surface area contributed by atoms with Gasteiger partial charge in [0.25, 0.3) is 0 Å². The lowest BCUT2D eigenvalue weighted by Crippen LogP contribution is -2.52. The van der Waals surface area contributed by atoms with Crippen molar-refractivity contribution in [3.05, 3.63) is 43.0 Å². The highest BCUT2D eigenvalue weighted by Gasteiger charge is 2.34. The minimum atomic E-state index is -0.0245. The molecule has 2 amide bonds. The molecule has 34 heavy (non-hydrogen) atoms. The quantitative estimate of drug-likeness (QED) is 0.525. The average Bonchev–Trinajstić information content (AvgIpc) is 3.73. The van der Waals surface area contributed by atoms with E-state index in [-0.39, 0.29) is 24.3 Å². The molecule has 0 unspecified atom stereocenters. The first-order chi connectivity index (χ1) is 16.5. The second-order valence-corrected chi connectivity index (χ2v) is 8.49. The van der Waals surface area contributed by atoms with Crippen LogP contribution < -0.4 is 14.4 Å². The van der Waals surface area contributed by atoms with Crippen molar-refractivity contribution in [2.24, 2.45) is 5.92 Å². The predicted molar refractivity (Wildman–Crippen MR) is 129 cm³/mol. The van der Waals surface area contributed by atoms with E-state index in [1.807, 2.05) is 35.2 Å². The van der Waals surface area contributed by atoms with Gasteiger partial charge in [-0.1, -0.05) is 6.08 Å². The molecule has 1 aromatic heterocycles. The highest BCUT2D eigenvalue weighted by Crippen LogP contribution is 2.32. The van der Waals surface area contributed by atoms with E-state index >= 15 is 0 Å². The van der Waals surface area contributed by atoms with Crippen LogP contribution in [-0.2, 0) is 9.59 Å². The van der Waals surface area contributed by atoms with E-state index in [9.17, 15) is 9.59 Å². The third-order valence-corrected chi connectivity index (χ3v) is 6.21. The summed E-state index contributed by atoms with van der Waals surface area (Å²) < 4.78 is 10.7. The summed E-state index contributed by atoms with van der Waals surface area (Å²) in [7, 11) is 3.22. The van der Waals surface area contributed by atoms with Gasteiger partial charge in [-0.15, -0.1) is 16.8 Å². The van der Waals surface area contributed by atoms with Crippen molar-refractivity contribution in [1.82, 2.24) is 20.0 Å². The number of amides is 2. The zero-order chi connectivity index (χ0) is 24.1. The Morgan fingerprint density at radius 2 is 1.85 bits per heavy atom. The summed E-state index contributed by atoms with van der Waals surface area (Å²) in [5.41, 5.74) is 1.54. The molecule has 0 atom stereocenters. The van der Waals surface area contributed by atoms with Gasteiger partial charge in [-0.05, 0) is 37.1 Å². The number of ether oxygens (including phenoxy) is 2. The van der Waals surface area contributed by atoms with Crippen LogP contribution in [-0.4, -0.2) is 85.3 Å². The third kappa shape index (κ3) is 5.30. The summed E-state index contributed by atoms with van der Waals surface area (Å²) in [5.74, 6) is 2.27. The van der Waals surface area contributed by atoms with Gasteiger partial charge in [0.05, 0.1) is 19.9 Å². The fourth-order valence-corrected chi connectivity index (χ4v) is 4.07. The molecule has 2 aromatic rings. The summed E-state index contributed by atoms with van der Waals surface area (Å²) in [5, 5.41) is 8.81. The second kappa shape index (κ2) is 10.5. The van der Waals surface area contributed by atoms with Gasteiger partial charge in [0.2, 0.25) is 11.8 Å². The maximum atomic E-state index is 12.8. The molecule has 1 saturated heterocycles. The molecular formula is C25H31N5O4. The van der Waals surface area contributed by atoms with E-state index in [2.05, 4.69) is 21.7 Å². The molecule has 1 saturated carbocycles. The number of carbonyl (C=O) groups is 2. The zero-order valence-corrected chi connectivity index (χ0v) is 19.8. The molecule has 0 bridgehead atoms. The first kappa shape index (κ1) is 23.5. The Morgan fingerprint density at radius 1 is 1.09 bits per heavy atom. The van der Waals surface area contributed by atoms with Crippen molar-refractivity contribution in [3.63, 3.8) is 0 Å². The third-order valence-electron chi connectivity index (χ3n) is 6.21. The zero-order valence-electron chi connectivity index (χ0n) is 19.8. The Kier molecular flexibility index (Phi) is 7.30. The minimum absolute atomic E-state index is 0.0245. The molecule has 9 nitrogen and oxygen atoms in total. The summed E-state index contributed by atoms with van der Waals surface area (Å²) >= 11 is 0. The molecule has 2 fully saturated rings. The van der Waals surface area contributed by atoms with Crippen molar-refractivity contribution in [3.8, 4) is 22.8 Å². The molecule has 0 N–H and O–H groups in total. The highest BCUT2D eigenvalue weighted by atomic mass is 16.5. The van der Waals surface area contributed by atoms with Crippen molar-refractivity contribution >= 4 is 17.6 Å². The van der Waals surface area contributed by atoms with E-state index < -0.39 is 0 Å². The summed E-state index contributed by atoms with van der Waals surface area (Å²) in [6.45, 7) is 6.70. The molecule has 9 heteroatoms. The number of rotatable bonds is 9. The number of methoxy groups -OCH3 is 2. The Balaban J connectivity index is 1.34. The molecule has 4 rings (SSSR count). The molecule has 2 aliphatic rings. The van der Waals surface area contributed by atoms with Crippen LogP contribution in [0.2, 0.25) is 0 Å². The van der Waals surface area contributed by atoms with Crippen molar-refractivity contribution in [1.29, 1.82) is 0 Å². The van der Waals surface area contributed by atoms with Crippen LogP contribution >= 0.6 is 0 Å². The topological polar surface area (TPSA) is 88.1 Å². The summed E-state index contributed by atoms with van der Waals surface area (Å²) in [4.78, 5) is 30.8. The van der Waals surface area contributed by atoms with E-state index in [0.29, 0.717) is 49.9 Å². The maximum Gasteiger partial charge on any atom is 0.242 e. The number of carbonyl (C=O) groups excluding carboxylic acids is 2. The fourth-order valence-electron chi connectivity index (χ4n) is 4.07. The lowest BCUT2D eigenvalue weighted by atomic mass is 10.1. The number of hydrogen-bond acceptors (Lipinski definition) is 7. The number of piperazine rings is 1. The first-order valence-electron chi connectivity index (χ1n) is 11.5. The van der Waals surface area contributed by atoms with Crippen LogP contribution in [0.1, 0.15) is 12.8 Å². The molecule has 1 aliphatic heterocycles. The predicted octanol–water partition coefficient (Wildman–Crippen LogP) is 2.23. The molecular weight excluding hydrogens is 434 g/mol. The molecule has 0 spiro atoms. The van der Waals surface area contributed by atoms with Gasteiger partial charge in [-0.3, -0.25) is 9.59 Å². The van der Waals surface area contributed by atoms with Crippen LogP contribution in [0, 0.1) is 5.92 Å². The van der Waals surface area contributed by atoms with Gasteiger partial charge in [0, 0.05) is 50.3 Å². The van der Waals surface area contributed by atoms with E-state index in [0.717, 1.165) is 24.2 Å². The maximum absolute atomic E-state index is 12.8. The van der Waals surface area contributed by atoms with E-state index in [1.54, 1.807) is 25.2 Å². The van der Waals surface area contributed by atoms with Gasteiger partial charge < -0.3 is 24.2 Å². The Labute approximate surface area is 199 Å². The van der Waals surface area contributed by atoms with Crippen LogP contribution in [0.5, 0.6) is 11.5 Å². The van der Waals surface area contributed by atoms with Crippen molar-refractivity contribution < 1.29 is 19.1 Å². The monoisotopic (exact) mass is 465 g/mol.